The van der Waals surface area contributed by atoms with Crippen molar-refractivity contribution in [1.82, 2.24) is 14.2 Å². The number of nitrogen functional groups attached to an aromatic ring is 1. The fraction of sp³-hybridized carbons (Fsp3) is 0.615. The largest absolute Gasteiger partial charge is 0.308 e. The SMILES string of the molecule is CCN1CCC(N(C)S(=O)(=O)c2ccc(NN)nc2)CC1. The van der Waals surface area contributed by atoms with E-state index in [4.69, 9.17) is 5.84 Å². The first-order chi connectivity index (χ1) is 9.98. The van der Waals surface area contributed by atoms with E-state index < -0.39 is 10.0 Å². The third kappa shape index (κ3) is 3.52. The van der Waals surface area contributed by atoms with Crippen LogP contribution < -0.4 is 11.3 Å². The number of anilines is 1. The van der Waals surface area contributed by atoms with Crippen LogP contribution in [0, 0.1) is 0 Å². The molecule has 0 radical (unpaired) electrons. The van der Waals surface area contributed by atoms with Gasteiger partial charge in [0.25, 0.3) is 0 Å². The third-order valence-corrected chi connectivity index (χ3v) is 5.97. The van der Waals surface area contributed by atoms with E-state index in [0.717, 1.165) is 32.5 Å². The average Bonchev–Trinajstić information content (AvgIpc) is 2.54. The van der Waals surface area contributed by atoms with Crippen LogP contribution in [0.3, 0.4) is 0 Å². The summed E-state index contributed by atoms with van der Waals surface area (Å²) in [5, 5.41) is 0. The Kier molecular flexibility index (Phi) is 5.15. The highest BCUT2D eigenvalue weighted by molar-refractivity contribution is 7.89. The van der Waals surface area contributed by atoms with Crippen LogP contribution in [0.15, 0.2) is 23.2 Å². The van der Waals surface area contributed by atoms with Gasteiger partial charge in [-0.05, 0) is 44.6 Å². The molecule has 7 nitrogen and oxygen atoms in total. The first-order valence-corrected chi connectivity index (χ1v) is 8.56. The van der Waals surface area contributed by atoms with Crippen LogP contribution in [0.5, 0.6) is 0 Å². The fourth-order valence-corrected chi connectivity index (χ4v) is 3.94. The van der Waals surface area contributed by atoms with Crippen molar-refractivity contribution in [2.45, 2.75) is 30.7 Å². The van der Waals surface area contributed by atoms with Crippen LogP contribution in [0.25, 0.3) is 0 Å². The molecule has 0 atom stereocenters. The summed E-state index contributed by atoms with van der Waals surface area (Å²) in [7, 11) is -1.85. The Bertz CT molecular complexity index is 552. The molecule has 8 heteroatoms. The van der Waals surface area contributed by atoms with Gasteiger partial charge in [0.2, 0.25) is 10.0 Å². The Balaban J connectivity index is 2.11. The second-order valence-electron chi connectivity index (χ2n) is 5.21. The molecule has 1 fully saturated rings. The number of nitrogens with two attached hydrogens (primary N) is 1. The molecular formula is C13H23N5O2S. The number of nitrogens with one attached hydrogen (secondary N) is 1. The predicted molar refractivity (Wildman–Crippen MR) is 82.1 cm³/mol. The van der Waals surface area contributed by atoms with Gasteiger partial charge in [0.1, 0.15) is 10.7 Å². The lowest BCUT2D eigenvalue weighted by molar-refractivity contribution is 0.176. The topological polar surface area (TPSA) is 91.6 Å². The maximum absolute atomic E-state index is 12.6. The summed E-state index contributed by atoms with van der Waals surface area (Å²) in [6.07, 6.45) is 3.06. The lowest BCUT2D eigenvalue weighted by atomic mass is 10.1. The summed E-state index contributed by atoms with van der Waals surface area (Å²) in [6.45, 7) is 5.02. The number of hydrogen-bond acceptors (Lipinski definition) is 6. The molecule has 0 saturated carbocycles. The van der Waals surface area contributed by atoms with E-state index >= 15 is 0 Å². The van der Waals surface area contributed by atoms with Crippen molar-refractivity contribution in [3.8, 4) is 0 Å². The molecule has 0 spiro atoms. The Hall–Kier alpha value is -1.22. The van der Waals surface area contributed by atoms with Gasteiger partial charge in [0.05, 0.1) is 0 Å². The number of likely N-dealkylation sites (tertiary alicyclic amines) is 1. The summed E-state index contributed by atoms with van der Waals surface area (Å²) in [6, 6.07) is 3.13. The molecule has 0 aliphatic carbocycles. The number of pyridine rings is 1. The van der Waals surface area contributed by atoms with Crippen molar-refractivity contribution < 1.29 is 8.42 Å². The number of hydrogen-bond donors (Lipinski definition) is 2. The van der Waals surface area contributed by atoms with E-state index in [1.807, 2.05) is 0 Å². The number of hydrazine groups is 1. The van der Waals surface area contributed by atoms with Crippen molar-refractivity contribution in [2.24, 2.45) is 5.84 Å². The number of piperidine rings is 1. The molecule has 0 amide bonds. The van der Waals surface area contributed by atoms with Gasteiger partial charge in [-0.1, -0.05) is 6.92 Å². The molecule has 2 rings (SSSR count). The van der Waals surface area contributed by atoms with Crippen molar-refractivity contribution >= 4 is 15.8 Å². The maximum atomic E-state index is 12.6. The van der Waals surface area contributed by atoms with E-state index in [1.165, 1.54) is 16.6 Å². The Morgan fingerprint density at radius 2 is 2.10 bits per heavy atom. The van der Waals surface area contributed by atoms with Crippen molar-refractivity contribution in [2.75, 3.05) is 32.1 Å². The van der Waals surface area contributed by atoms with E-state index in [9.17, 15) is 8.42 Å². The minimum atomic E-state index is -3.50. The highest BCUT2D eigenvalue weighted by Gasteiger charge is 2.30. The Labute approximate surface area is 126 Å². The summed E-state index contributed by atoms with van der Waals surface area (Å²) < 4.78 is 26.7. The predicted octanol–water partition coefficient (Wildman–Crippen LogP) is 0.472. The lowest BCUT2D eigenvalue weighted by Crippen LogP contribution is -2.45. The molecule has 0 unspecified atom stereocenters. The molecule has 1 aromatic rings. The quantitative estimate of drug-likeness (QED) is 0.606. The van der Waals surface area contributed by atoms with Gasteiger partial charge in [-0.2, -0.15) is 4.31 Å². The van der Waals surface area contributed by atoms with Gasteiger partial charge in [-0.15, -0.1) is 0 Å². The van der Waals surface area contributed by atoms with Crippen LogP contribution in [0.2, 0.25) is 0 Å². The fourth-order valence-electron chi connectivity index (χ4n) is 2.58. The zero-order valence-corrected chi connectivity index (χ0v) is 13.3. The van der Waals surface area contributed by atoms with Crippen LogP contribution in [-0.2, 0) is 10.0 Å². The smallest absolute Gasteiger partial charge is 0.244 e. The first-order valence-electron chi connectivity index (χ1n) is 7.12. The Morgan fingerprint density at radius 1 is 1.43 bits per heavy atom. The number of rotatable bonds is 5. The van der Waals surface area contributed by atoms with Gasteiger partial charge in [-0.3, -0.25) is 0 Å². The molecule has 1 saturated heterocycles. The summed E-state index contributed by atoms with van der Waals surface area (Å²) in [4.78, 5) is 6.50. The van der Waals surface area contributed by atoms with Crippen molar-refractivity contribution in [3.63, 3.8) is 0 Å². The zero-order valence-electron chi connectivity index (χ0n) is 12.5. The van der Waals surface area contributed by atoms with E-state index in [0.29, 0.717) is 5.82 Å². The van der Waals surface area contributed by atoms with Gasteiger partial charge in [0, 0.05) is 19.3 Å². The number of sulfonamides is 1. The zero-order chi connectivity index (χ0) is 15.5. The van der Waals surface area contributed by atoms with Crippen LogP contribution in [0.4, 0.5) is 5.82 Å². The lowest BCUT2D eigenvalue weighted by Gasteiger charge is -2.35. The minimum Gasteiger partial charge on any atom is -0.308 e. The van der Waals surface area contributed by atoms with Crippen LogP contribution in [-0.4, -0.2) is 55.3 Å². The van der Waals surface area contributed by atoms with E-state index in [2.05, 4.69) is 22.2 Å². The second-order valence-corrected chi connectivity index (χ2v) is 7.21. The molecular weight excluding hydrogens is 290 g/mol. The number of aromatic nitrogens is 1. The highest BCUT2D eigenvalue weighted by atomic mass is 32.2. The molecule has 1 aliphatic heterocycles. The molecule has 118 valence electrons. The van der Waals surface area contributed by atoms with E-state index in [1.54, 1.807) is 13.1 Å². The second kappa shape index (κ2) is 6.69. The van der Waals surface area contributed by atoms with E-state index in [-0.39, 0.29) is 10.9 Å². The minimum absolute atomic E-state index is 0.0464. The molecule has 3 N–H and O–H groups in total. The first kappa shape index (κ1) is 16.2. The molecule has 0 aromatic carbocycles. The van der Waals surface area contributed by atoms with Gasteiger partial charge in [0.15, 0.2) is 0 Å². The summed E-state index contributed by atoms with van der Waals surface area (Å²) in [5.41, 5.74) is 2.38. The average molecular weight is 313 g/mol. The third-order valence-electron chi connectivity index (χ3n) is 4.08. The molecule has 1 aromatic heterocycles. The van der Waals surface area contributed by atoms with Gasteiger partial charge < -0.3 is 10.3 Å². The highest BCUT2D eigenvalue weighted by Crippen LogP contribution is 2.22. The monoisotopic (exact) mass is 313 g/mol. The summed E-state index contributed by atoms with van der Waals surface area (Å²) >= 11 is 0. The van der Waals surface area contributed by atoms with Crippen molar-refractivity contribution in [3.05, 3.63) is 18.3 Å². The maximum Gasteiger partial charge on any atom is 0.244 e. The van der Waals surface area contributed by atoms with Gasteiger partial charge in [-0.25, -0.2) is 19.2 Å². The Morgan fingerprint density at radius 3 is 2.57 bits per heavy atom. The standard InChI is InChI=1S/C13H23N5O2S/c1-3-18-8-6-11(7-9-18)17(2)21(19,20)12-4-5-13(16-14)15-10-12/h4-5,10-11H,3,6-9,14H2,1-2H3,(H,15,16). The normalized spacial score (nSPS) is 18.1. The molecule has 0 bridgehead atoms. The summed E-state index contributed by atoms with van der Waals surface area (Å²) in [5.74, 6) is 5.67. The molecule has 1 aliphatic rings. The van der Waals surface area contributed by atoms with Crippen LogP contribution in [0.1, 0.15) is 19.8 Å². The van der Waals surface area contributed by atoms with Crippen molar-refractivity contribution in [1.29, 1.82) is 0 Å². The number of nitrogens with zero attached hydrogens (tertiary/aromatic N) is 3. The van der Waals surface area contributed by atoms with Gasteiger partial charge >= 0.3 is 0 Å². The van der Waals surface area contributed by atoms with Crippen LogP contribution >= 0.6 is 0 Å². The molecule has 21 heavy (non-hydrogen) atoms. The molecule has 2 heterocycles.